The number of nitro groups is 1. The first-order valence-corrected chi connectivity index (χ1v) is 14.3. The highest BCUT2D eigenvalue weighted by molar-refractivity contribution is 7.07. The predicted molar refractivity (Wildman–Crippen MR) is 160 cm³/mol. The van der Waals surface area contributed by atoms with Crippen LogP contribution in [0.1, 0.15) is 40.5 Å². The van der Waals surface area contributed by atoms with Gasteiger partial charge in [-0.05, 0) is 54.7 Å². The lowest BCUT2D eigenvalue weighted by Gasteiger charge is -2.31. The SMILES string of the molecule is Cc1ccc(-c2ccc(C=c3sc4n(c3=O)C(c3ccccc3Cl)C3=C(N=4)c4ccccc4CC3)o2)cc1[N+](=O)[O-]. The van der Waals surface area contributed by atoms with Crippen molar-refractivity contribution in [3.8, 4) is 11.3 Å². The molecule has 0 saturated heterocycles. The van der Waals surface area contributed by atoms with Gasteiger partial charge in [0.2, 0.25) is 0 Å². The van der Waals surface area contributed by atoms with Crippen LogP contribution in [0.5, 0.6) is 0 Å². The molecule has 1 aliphatic heterocycles. The van der Waals surface area contributed by atoms with Crippen LogP contribution in [0.4, 0.5) is 5.69 Å². The monoisotopic (exact) mass is 579 g/mol. The zero-order chi connectivity index (χ0) is 28.2. The lowest BCUT2D eigenvalue weighted by atomic mass is 9.83. The normalized spacial score (nSPS) is 16.1. The van der Waals surface area contributed by atoms with Gasteiger partial charge in [0.25, 0.3) is 11.2 Å². The smallest absolute Gasteiger partial charge is 0.273 e. The van der Waals surface area contributed by atoms with Crippen molar-refractivity contribution in [3.63, 3.8) is 0 Å². The predicted octanol–water partition coefficient (Wildman–Crippen LogP) is 6.45. The number of hydrogen-bond acceptors (Lipinski definition) is 6. The van der Waals surface area contributed by atoms with Crippen molar-refractivity contribution in [2.75, 3.05) is 0 Å². The molecular formula is C32H22ClN3O4S. The molecule has 202 valence electrons. The Morgan fingerprint density at radius 3 is 2.71 bits per heavy atom. The van der Waals surface area contributed by atoms with E-state index in [9.17, 15) is 14.9 Å². The van der Waals surface area contributed by atoms with Gasteiger partial charge in [-0.2, -0.15) is 0 Å². The van der Waals surface area contributed by atoms with Gasteiger partial charge in [-0.15, -0.1) is 0 Å². The number of aromatic nitrogens is 1. The molecule has 3 aromatic carbocycles. The van der Waals surface area contributed by atoms with E-state index in [0.717, 1.165) is 35.2 Å². The number of thiazole rings is 1. The maximum Gasteiger partial charge on any atom is 0.273 e. The second kappa shape index (κ2) is 9.83. The molecule has 0 N–H and O–H groups in total. The molecule has 1 aliphatic carbocycles. The van der Waals surface area contributed by atoms with Crippen LogP contribution in [0.15, 0.2) is 98.6 Å². The highest BCUT2D eigenvalue weighted by Crippen LogP contribution is 2.42. The van der Waals surface area contributed by atoms with Gasteiger partial charge in [0.1, 0.15) is 11.5 Å². The number of benzene rings is 3. The van der Waals surface area contributed by atoms with E-state index >= 15 is 0 Å². The maximum absolute atomic E-state index is 14.0. The number of halogens is 1. The average molecular weight is 580 g/mol. The van der Waals surface area contributed by atoms with Crippen molar-refractivity contribution in [1.29, 1.82) is 0 Å². The first kappa shape index (κ1) is 25.4. The van der Waals surface area contributed by atoms with Crippen molar-refractivity contribution < 1.29 is 9.34 Å². The second-order valence-corrected chi connectivity index (χ2v) is 11.5. The summed E-state index contributed by atoms with van der Waals surface area (Å²) in [4.78, 5) is 30.6. The summed E-state index contributed by atoms with van der Waals surface area (Å²) in [5, 5.41) is 12.0. The van der Waals surface area contributed by atoms with Gasteiger partial charge in [-0.25, -0.2) is 4.99 Å². The summed E-state index contributed by atoms with van der Waals surface area (Å²) >= 11 is 8.02. The summed E-state index contributed by atoms with van der Waals surface area (Å²) in [5.41, 5.74) is 6.20. The highest BCUT2D eigenvalue weighted by atomic mass is 35.5. The minimum atomic E-state index is -0.406. The van der Waals surface area contributed by atoms with Crippen LogP contribution in [0, 0.1) is 17.0 Å². The fourth-order valence-electron chi connectivity index (χ4n) is 5.67. The van der Waals surface area contributed by atoms with E-state index in [4.69, 9.17) is 21.0 Å². The number of furan rings is 1. The molecule has 0 spiro atoms. The number of hydrogen-bond donors (Lipinski definition) is 0. The van der Waals surface area contributed by atoms with Crippen molar-refractivity contribution >= 4 is 40.4 Å². The molecule has 7 rings (SSSR count). The van der Waals surface area contributed by atoms with Gasteiger partial charge in [0.15, 0.2) is 4.80 Å². The van der Waals surface area contributed by atoms with Crippen LogP contribution in [0.3, 0.4) is 0 Å². The summed E-state index contributed by atoms with van der Waals surface area (Å²) in [6, 6.07) is 24.0. The number of nitrogens with zero attached hydrogens (tertiary/aromatic N) is 3. The van der Waals surface area contributed by atoms with Gasteiger partial charge in [-0.1, -0.05) is 77.5 Å². The fraction of sp³-hybridized carbons (Fsp3) is 0.125. The number of allylic oxidation sites excluding steroid dienone is 1. The topological polar surface area (TPSA) is 90.6 Å². The van der Waals surface area contributed by atoms with E-state index in [1.165, 1.54) is 23.0 Å². The van der Waals surface area contributed by atoms with Gasteiger partial charge >= 0.3 is 0 Å². The van der Waals surface area contributed by atoms with E-state index in [2.05, 4.69) is 12.1 Å². The molecule has 7 nitrogen and oxygen atoms in total. The second-order valence-electron chi connectivity index (χ2n) is 10.1. The van der Waals surface area contributed by atoms with Gasteiger partial charge in [0, 0.05) is 33.9 Å². The molecule has 1 unspecified atom stereocenters. The Bertz CT molecular complexity index is 2100. The number of nitro benzene ring substituents is 1. The fourth-order valence-corrected chi connectivity index (χ4v) is 6.89. The first-order chi connectivity index (χ1) is 19.9. The lowest BCUT2D eigenvalue weighted by molar-refractivity contribution is -0.385. The Kier molecular flexibility index (Phi) is 6.10. The van der Waals surface area contributed by atoms with Crippen LogP contribution >= 0.6 is 22.9 Å². The summed E-state index contributed by atoms with van der Waals surface area (Å²) in [5.74, 6) is 0.949. The number of fused-ring (bicyclic) bond motifs is 3. The van der Waals surface area contributed by atoms with E-state index < -0.39 is 4.92 Å². The van der Waals surface area contributed by atoms with E-state index in [0.29, 0.717) is 37.0 Å². The average Bonchev–Trinajstić information content (AvgIpc) is 3.56. The van der Waals surface area contributed by atoms with Crippen molar-refractivity contribution in [3.05, 3.63) is 147 Å². The Balaban J connectivity index is 1.38. The summed E-state index contributed by atoms with van der Waals surface area (Å²) in [7, 11) is 0. The highest BCUT2D eigenvalue weighted by Gasteiger charge is 2.33. The Labute approximate surface area is 243 Å². The summed E-state index contributed by atoms with van der Waals surface area (Å²) < 4.78 is 8.25. The molecule has 0 bridgehead atoms. The molecule has 0 amide bonds. The molecule has 5 aromatic rings. The Morgan fingerprint density at radius 1 is 1.07 bits per heavy atom. The third-order valence-electron chi connectivity index (χ3n) is 7.66. The van der Waals surface area contributed by atoms with Crippen LogP contribution in [0.25, 0.3) is 23.1 Å². The molecular weight excluding hydrogens is 558 g/mol. The first-order valence-electron chi connectivity index (χ1n) is 13.1. The Morgan fingerprint density at radius 2 is 1.88 bits per heavy atom. The summed E-state index contributed by atoms with van der Waals surface area (Å²) in [6.45, 7) is 1.70. The molecule has 0 radical (unpaired) electrons. The molecule has 0 fully saturated rings. The van der Waals surface area contributed by atoms with E-state index in [1.807, 2.05) is 36.4 Å². The van der Waals surface area contributed by atoms with Crippen LogP contribution in [-0.4, -0.2) is 9.49 Å². The van der Waals surface area contributed by atoms with Crippen LogP contribution in [0.2, 0.25) is 5.02 Å². The van der Waals surface area contributed by atoms with Gasteiger partial charge in [-0.3, -0.25) is 19.5 Å². The lowest BCUT2D eigenvalue weighted by Crippen LogP contribution is -2.38. The third kappa shape index (κ3) is 4.27. The van der Waals surface area contributed by atoms with Crippen molar-refractivity contribution in [1.82, 2.24) is 4.57 Å². The molecule has 3 heterocycles. The standard InChI is InChI=1S/C32H22ClN3O4S/c1-18-10-11-20(16-26(18)36(38)39)27-15-13-21(40-27)17-28-31(37)35-30(23-8-4-5-9-25(23)33)24-14-12-19-6-2-3-7-22(19)29(24)34-32(35)41-28/h2-11,13,15-17,30H,12,14H2,1H3. The number of rotatable bonds is 4. The summed E-state index contributed by atoms with van der Waals surface area (Å²) in [6.07, 6.45) is 3.35. The van der Waals surface area contributed by atoms with Gasteiger partial charge < -0.3 is 4.42 Å². The molecule has 0 saturated carbocycles. The molecule has 1 atom stereocenters. The van der Waals surface area contributed by atoms with Crippen molar-refractivity contribution in [2.45, 2.75) is 25.8 Å². The largest absolute Gasteiger partial charge is 0.457 e. The third-order valence-corrected chi connectivity index (χ3v) is 8.99. The molecule has 2 aliphatic rings. The van der Waals surface area contributed by atoms with E-state index in [1.54, 1.807) is 41.8 Å². The number of aryl methyl sites for hydroxylation is 2. The van der Waals surface area contributed by atoms with Crippen molar-refractivity contribution in [2.24, 2.45) is 4.99 Å². The molecule has 41 heavy (non-hydrogen) atoms. The van der Waals surface area contributed by atoms with E-state index in [-0.39, 0.29) is 17.3 Å². The minimum absolute atomic E-state index is 0.0267. The van der Waals surface area contributed by atoms with Gasteiger partial charge in [0.05, 0.1) is 21.2 Å². The van der Waals surface area contributed by atoms with Crippen LogP contribution < -0.4 is 14.9 Å². The maximum atomic E-state index is 14.0. The molecule has 2 aromatic heterocycles. The Hall–Kier alpha value is -4.53. The zero-order valence-corrected chi connectivity index (χ0v) is 23.4. The zero-order valence-electron chi connectivity index (χ0n) is 21.8. The van der Waals surface area contributed by atoms with Crippen LogP contribution in [-0.2, 0) is 6.42 Å². The quantitative estimate of drug-likeness (QED) is 0.181. The molecule has 9 heteroatoms. The minimum Gasteiger partial charge on any atom is -0.457 e.